The van der Waals surface area contributed by atoms with Crippen LogP contribution in [0.1, 0.15) is 12.5 Å². The first-order chi connectivity index (χ1) is 6.61. The van der Waals surface area contributed by atoms with Crippen molar-refractivity contribution in [3.8, 4) is 0 Å². The second-order valence-corrected chi connectivity index (χ2v) is 3.71. The van der Waals surface area contributed by atoms with Crippen molar-refractivity contribution in [2.75, 3.05) is 6.61 Å². The lowest BCUT2D eigenvalue weighted by atomic mass is 10.2. The number of carbonyl (C=O) groups is 1. The Morgan fingerprint density at radius 3 is 2.93 bits per heavy atom. The lowest BCUT2D eigenvalue weighted by Gasteiger charge is -2.02. The number of hydrogen-bond acceptors (Lipinski definition) is 3. The average Bonchev–Trinajstić information content (AvgIpc) is 2.01. The van der Waals surface area contributed by atoms with E-state index in [0.29, 0.717) is 15.9 Å². The highest BCUT2D eigenvalue weighted by Crippen LogP contribution is 2.08. The summed E-state index contributed by atoms with van der Waals surface area (Å²) >= 11 is 1.90. The van der Waals surface area contributed by atoms with Gasteiger partial charge in [0, 0.05) is 0 Å². The van der Waals surface area contributed by atoms with E-state index in [1.807, 2.05) is 22.6 Å². The van der Waals surface area contributed by atoms with Gasteiger partial charge in [-0.2, -0.15) is 4.39 Å². The fourth-order valence-electron chi connectivity index (χ4n) is 0.995. The Hall–Kier alpha value is -0.720. The molecule has 0 fully saturated rings. The molecule has 3 nitrogen and oxygen atoms in total. The second kappa shape index (κ2) is 5.23. The molecule has 0 bridgehead atoms. The van der Waals surface area contributed by atoms with E-state index < -0.39 is 5.95 Å². The van der Waals surface area contributed by atoms with Crippen molar-refractivity contribution in [1.29, 1.82) is 0 Å². The number of pyridine rings is 1. The zero-order chi connectivity index (χ0) is 10.6. The van der Waals surface area contributed by atoms with Crippen LogP contribution in [-0.4, -0.2) is 17.6 Å². The smallest absolute Gasteiger partial charge is 0.310 e. The molecule has 1 aromatic heterocycles. The lowest BCUT2D eigenvalue weighted by molar-refractivity contribution is -0.142. The Kier molecular flexibility index (Phi) is 4.24. The van der Waals surface area contributed by atoms with Crippen molar-refractivity contribution in [3.63, 3.8) is 0 Å². The predicted octanol–water partition coefficient (Wildman–Crippen LogP) is 1.93. The first-order valence-corrected chi connectivity index (χ1v) is 5.17. The van der Waals surface area contributed by atoms with E-state index in [9.17, 15) is 9.18 Å². The average molecular weight is 309 g/mol. The molecule has 0 aliphatic heterocycles. The highest BCUT2D eigenvalue weighted by molar-refractivity contribution is 14.1. The van der Waals surface area contributed by atoms with Gasteiger partial charge >= 0.3 is 5.97 Å². The van der Waals surface area contributed by atoms with Crippen molar-refractivity contribution in [1.82, 2.24) is 4.98 Å². The summed E-state index contributed by atoms with van der Waals surface area (Å²) in [7, 11) is 0. The molecule has 0 unspecified atom stereocenters. The summed E-state index contributed by atoms with van der Waals surface area (Å²) in [6.45, 7) is 2.07. The lowest BCUT2D eigenvalue weighted by Crippen LogP contribution is -2.08. The Bertz CT molecular complexity index is 323. The van der Waals surface area contributed by atoms with Crippen LogP contribution in [0, 0.1) is 9.65 Å². The monoisotopic (exact) mass is 309 g/mol. The van der Waals surface area contributed by atoms with E-state index in [-0.39, 0.29) is 12.4 Å². The minimum Gasteiger partial charge on any atom is -0.466 e. The van der Waals surface area contributed by atoms with E-state index in [1.54, 1.807) is 13.0 Å². The number of aromatic nitrogens is 1. The molecule has 0 amide bonds. The van der Waals surface area contributed by atoms with E-state index in [4.69, 9.17) is 4.74 Å². The molecule has 0 saturated carbocycles. The standard InChI is InChI=1S/C9H9FINO2/c1-2-14-9(13)5-6-3-7(10)12-8(11)4-6/h3-4H,2,5H2,1H3. The fourth-order valence-corrected chi connectivity index (χ4v) is 1.63. The highest BCUT2D eigenvalue weighted by Gasteiger charge is 2.06. The summed E-state index contributed by atoms with van der Waals surface area (Å²) in [6.07, 6.45) is 0.0866. The zero-order valence-electron chi connectivity index (χ0n) is 7.59. The van der Waals surface area contributed by atoms with Crippen molar-refractivity contribution in [3.05, 3.63) is 27.3 Å². The summed E-state index contributed by atoms with van der Waals surface area (Å²) < 4.78 is 18.1. The molecule has 0 radical (unpaired) electrons. The molecule has 1 rings (SSSR count). The second-order valence-electron chi connectivity index (χ2n) is 2.60. The molecule has 14 heavy (non-hydrogen) atoms. The summed E-state index contributed by atoms with van der Waals surface area (Å²) in [4.78, 5) is 14.6. The van der Waals surface area contributed by atoms with Gasteiger partial charge in [0.25, 0.3) is 0 Å². The molecule has 0 aliphatic rings. The van der Waals surface area contributed by atoms with Gasteiger partial charge in [0.15, 0.2) is 0 Å². The number of ether oxygens (including phenoxy) is 1. The molecule has 0 spiro atoms. The molecule has 0 aromatic carbocycles. The van der Waals surface area contributed by atoms with Gasteiger partial charge in [-0.05, 0) is 47.2 Å². The molecule has 5 heteroatoms. The fraction of sp³-hybridized carbons (Fsp3) is 0.333. The van der Waals surface area contributed by atoms with Crippen LogP contribution in [0.5, 0.6) is 0 Å². The topological polar surface area (TPSA) is 39.2 Å². The van der Waals surface area contributed by atoms with Crippen LogP contribution >= 0.6 is 22.6 Å². The number of carbonyl (C=O) groups excluding carboxylic acids is 1. The Morgan fingerprint density at radius 1 is 1.64 bits per heavy atom. The van der Waals surface area contributed by atoms with E-state index in [1.165, 1.54) is 6.07 Å². The normalized spacial score (nSPS) is 9.93. The molecule has 1 aromatic rings. The quantitative estimate of drug-likeness (QED) is 0.486. The third kappa shape index (κ3) is 3.57. The third-order valence-electron chi connectivity index (χ3n) is 1.48. The van der Waals surface area contributed by atoms with E-state index in [0.717, 1.165) is 0 Å². The molecule has 1 heterocycles. The number of nitrogens with zero attached hydrogens (tertiary/aromatic N) is 1. The SMILES string of the molecule is CCOC(=O)Cc1cc(F)nc(I)c1. The molecular weight excluding hydrogens is 300 g/mol. The summed E-state index contributed by atoms with van der Waals surface area (Å²) in [5.41, 5.74) is 0.584. The maximum absolute atomic E-state index is 12.8. The van der Waals surface area contributed by atoms with Crippen molar-refractivity contribution >= 4 is 28.6 Å². The van der Waals surface area contributed by atoms with E-state index in [2.05, 4.69) is 4.98 Å². The van der Waals surface area contributed by atoms with Crippen molar-refractivity contribution in [2.45, 2.75) is 13.3 Å². The van der Waals surface area contributed by atoms with Gasteiger partial charge in [0.1, 0.15) is 3.70 Å². The molecule has 0 aliphatic carbocycles. The Labute approximate surface area is 94.8 Å². The molecule has 0 saturated heterocycles. The summed E-state index contributed by atoms with van der Waals surface area (Å²) in [5, 5.41) is 0. The number of halogens is 2. The first-order valence-electron chi connectivity index (χ1n) is 4.09. The number of hydrogen-bond donors (Lipinski definition) is 0. The van der Waals surface area contributed by atoms with E-state index >= 15 is 0 Å². The maximum Gasteiger partial charge on any atom is 0.310 e. The van der Waals surface area contributed by atoms with Crippen molar-refractivity contribution in [2.24, 2.45) is 0 Å². The van der Waals surface area contributed by atoms with Gasteiger partial charge in [0.2, 0.25) is 5.95 Å². The molecule has 76 valence electrons. The van der Waals surface area contributed by atoms with Gasteiger partial charge in [0.05, 0.1) is 13.0 Å². The third-order valence-corrected chi connectivity index (χ3v) is 2.03. The summed E-state index contributed by atoms with van der Waals surface area (Å²) in [5.74, 6) is -0.926. The predicted molar refractivity (Wildman–Crippen MR) is 57.2 cm³/mol. The summed E-state index contributed by atoms with van der Waals surface area (Å²) in [6, 6.07) is 2.89. The largest absolute Gasteiger partial charge is 0.466 e. The first kappa shape index (κ1) is 11.4. The van der Waals surface area contributed by atoms with Gasteiger partial charge < -0.3 is 4.74 Å². The molecule has 0 atom stereocenters. The molecule has 0 N–H and O–H groups in total. The molecular formula is C9H9FINO2. The van der Waals surface area contributed by atoms with Crippen LogP contribution in [0.15, 0.2) is 12.1 Å². The van der Waals surface area contributed by atoms with Gasteiger partial charge in [-0.15, -0.1) is 0 Å². The van der Waals surface area contributed by atoms with Crippen LogP contribution in [0.2, 0.25) is 0 Å². The zero-order valence-corrected chi connectivity index (χ0v) is 9.75. The highest BCUT2D eigenvalue weighted by atomic mass is 127. The maximum atomic E-state index is 12.8. The van der Waals surface area contributed by atoms with Gasteiger partial charge in [-0.3, -0.25) is 4.79 Å². The van der Waals surface area contributed by atoms with Crippen LogP contribution in [0.3, 0.4) is 0 Å². The van der Waals surface area contributed by atoms with Crippen molar-refractivity contribution < 1.29 is 13.9 Å². The van der Waals surface area contributed by atoms with Gasteiger partial charge in [-0.25, -0.2) is 4.98 Å². The minimum atomic E-state index is -0.573. The number of rotatable bonds is 3. The Morgan fingerprint density at radius 2 is 2.36 bits per heavy atom. The number of esters is 1. The Balaban J connectivity index is 2.71. The minimum absolute atomic E-state index is 0.0866. The van der Waals surface area contributed by atoms with Crippen LogP contribution in [0.25, 0.3) is 0 Å². The van der Waals surface area contributed by atoms with Crippen LogP contribution in [-0.2, 0) is 16.0 Å². The van der Waals surface area contributed by atoms with Crippen LogP contribution in [0.4, 0.5) is 4.39 Å². The van der Waals surface area contributed by atoms with Crippen LogP contribution < -0.4 is 0 Å². The van der Waals surface area contributed by atoms with Gasteiger partial charge in [-0.1, -0.05) is 0 Å².